The molecule has 0 aromatic carbocycles. The summed E-state index contributed by atoms with van der Waals surface area (Å²) in [5.74, 6) is -0.287. The third-order valence-electron chi connectivity index (χ3n) is 2.41. The fourth-order valence-corrected chi connectivity index (χ4v) is 1.49. The number of aliphatic hydroxyl groups is 1. The molecule has 80 valence electrons. The molecule has 0 radical (unpaired) electrons. The van der Waals surface area contributed by atoms with Crippen LogP contribution in [0.1, 0.15) is 13.3 Å². The molecule has 0 amide bonds. The van der Waals surface area contributed by atoms with Gasteiger partial charge in [0.05, 0.1) is 13.2 Å². The number of β-amino-alcohol motifs (C(OH)–C–C–N with tert-alkyl or cyclic N) is 1. The third-order valence-corrected chi connectivity index (χ3v) is 2.41. The van der Waals surface area contributed by atoms with Crippen molar-refractivity contribution in [2.45, 2.75) is 19.4 Å². The van der Waals surface area contributed by atoms with Crippen molar-refractivity contribution in [1.29, 1.82) is 0 Å². The molecule has 1 unspecified atom stereocenters. The van der Waals surface area contributed by atoms with Crippen LogP contribution in [0.2, 0.25) is 0 Å². The second kappa shape index (κ2) is 5.12. The van der Waals surface area contributed by atoms with Crippen LogP contribution in [0.15, 0.2) is 11.6 Å². The number of hydrogen-bond acceptors (Lipinski definition) is 4. The first-order valence-corrected chi connectivity index (χ1v) is 4.79. The standard InChI is InChI=1S/C10H17NO3/c1-8(10(13)14-2)3-5-11-6-4-9(12)7-11/h3,9,12H,4-7H2,1-2H3. The van der Waals surface area contributed by atoms with Crippen molar-refractivity contribution in [2.24, 2.45) is 0 Å². The zero-order chi connectivity index (χ0) is 10.6. The number of ether oxygens (including phenoxy) is 1. The fourth-order valence-electron chi connectivity index (χ4n) is 1.49. The average Bonchev–Trinajstić information content (AvgIpc) is 2.59. The highest BCUT2D eigenvalue weighted by atomic mass is 16.5. The first-order chi connectivity index (χ1) is 6.63. The number of carbonyl (C=O) groups is 1. The zero-order valence-electron chi connectivity index (χ0n) is 8.69. The minimum absolute atomic E-state index is 0.207. The van der Waals surface area contributed by atoms with E-state index in [0.717, 1.165) is 13.0 Å². The van der Waals surface area contributed by atoms with Crippen LogP contribution in [-0.2, 0) is 9.53 Å². The zero-order valence-corrected chi connectivity index (χ0v) is 8.69. The van der Waals surface area contributed by atoms with Crippen LogP contribution >= 0.6 is 0 Å². The molecule has 1 aliphatic rings. The van der Waals surface area contributed by atoms with E-state index in [-0.39, 0.29) is 12.1 Å². The van der Waals surface area contributed by atoms with E-state index >= 15 is 0 Å². The van der Waals surface area contributed by atoms with Crippen LogP contribution in [0.5, 0.6) is 0 Å². The molecule has 1 atom stereocenters. The van der Waals surface area contributed by atoms with Crippen LogP contribution in [0, 0.1) is 0 Å². The summed E-state index contributed by atoms with van der Waals surface area (Å²) in [5.41, 5.74) is 0.619. The van der Waals surface area contributed by atoms with E-state index in [4.69, 9.17) is 0 Å². The Labute approximate surface area is 84.2 Å². The summed E-state index contributed by atoms with van der Waals surface area (Å²) in [7, 11) is 1.37. The summed E-state index contributed by atoms with van der Waals surface area (Å²) in [4.78, 5) is 13.1. The van der Waals surface area contributed by atoms with Gasteiger partial charge in [0.2, 0.25) is 0 Å². The Morgan fingerprint density at radius 1 is 1.71 bits per heavy atom. The van der Waals surface area contributed by atoms with Gasteiger partial charge in [-0.1, -0.05) is 6.08 Å². The van der Waals surface area contributed by atoms with E-state index in [1.165, 1.54) is 7.11 Å². The summed E-state index contributed by atoms with van der Waals surface area (Å²) in [6.07, 6.45) is 2.46. The van der Waals surface area contributed by atoms with Gasteiger partial charge in [0.15, 0.2) is 0 Å². The van der Waals surface area contributed by atoms with Gasteiger partial charge in [0.1, 0.15) is 0 Å². The van der Waals surface area contributed by atoms with Crippen molar-refractivity contribution in [2.75, 3.05) is 26.7 Å². The van der Waals surface area contributed by atoms with Crippen molar-refractivity contribution < 1.29 is 14.6 Å². The first kappa shape index (κ1) is 11.2. The molecule has 0 saturated carbocycles. The monoisotopic (exact) mass is 199 g/mol. The van der Waals surface area contributed by atoms with Gasteiger partial charge in [-0.2, -0.15) is 0 Å². The minimum atomic E-state index is -0.287. The summed E-state index contributed by atoms with van der Waals surface area (Å²) < 4.78 is 4.57. The quantitative estimate of drug-likeness (QED) is 0.520. The SMILES string of the molecule is COC(=O)C(C)=CCN1CCC(O)C1. The number of aliphatic hydroxyl groups excluding tert-OH is 1. The Morgan fingerprint density at radius 3 is 2.93 bits per heavy atom. The highest BCUT2D eigenvalue weighted by molar-refractivity contribution is 5.87. The molecule has 0 spiro atoms. The summed E-state index contributed by atoms with van der Waals surface area (Å²) in [6, 6.07) is 0. The molecular formula is C10H17NO3. The molecule has 4 heteroatoms. The van der Waals surface area contributed by atoms with Gasteiger partial charge in [0, 0.05) is 25.2 Å². The van der Waals surface area contributed by atoms with E-state index in [1.807, 2.05) is 6.08 Å². The lowest BCUT2D eigenvalue weighted by Gasteiger charge is -2.11. The fraction of sp³-hybridized carbons (Fsp3) is 0.700. The second-order valence-corrected chi connectivity index (χ2v) is 3.58. The predicted octanol–water partition coefficient (Wildman–Crippen LogP) is 0.172. The molecule has 0 aliphatic carbocycles. The Hall–Kier alpha value is -0.870. The lowest BCUT2D eigenvalue weighted by molar-refractivity contribution is -0.136. The highest BCUT2D eigenvalue weighted by Gasteiger charge is 2.18. The van der Waals surface area contributed by atoms with Crippen LogP contribution in [-0.4, -0.2) is 48.8 Å². The minimum Gasteiger partial charge on any atom is -0.466 e. The molecule has 1 N–H and O–H groups in total. The van der Waals surface area contributed by atoms with Crippen LogP contribution in [0.4, 0.5) is 0 Å². The van der Waals surface area contributed by atoms with Crippen molar-refractivity contribution in [3.05, 3.63) is 11.6 Å². The molecule has 1 heterocycles. The van der Waals surface area contributed by atoms with E-state index in [9.17, 15) is 9.90 Å². The second-order valence-electron chi connectivity index (χ2n) is 3.58. The van der Waals surface area contributed by atoms with Gasteiger partial charge in [-0.25, -0.2) is 4.79 Å². The molecule has 0 aromatic heterocycles. The number of likely N-dealkylation sites (tertiary alicyclic amines) is 1. The van der Waals surface area contributed by atoms with Crippen molar-refractivity contribution in [1.82, 2.24) is 4.90 Å². The molecule has 1 rings (SSSR count). The average molecular weight is 199 g/mol. The number of esters is 1. The Morgan fingerprint density at radius 2 is 2.43 bits per heavy atom. The van der Waals surface area contributed by atoms with Crippen molar-refractivity contribution in [3.8, 4) is 0 Å². The van der Waals surface area contributed by atoms with E-state index < -0.39 is 0 Å². The number of carbonyl (C=O) groups excluding carboxylic acids is 1. The molecular weight excluding hydrogens is 182 g/mol. The smallest absolute Gasteiger partial charge is 0.333 e. The lowest BCUT2D eigenvalue weighted by atomic mass is 10.3. The third kappa shape index (κ3) is 3.12. The van der Waals surface area contributed by atoms with E-state index in [1.54, 1.807) is 6.92 Å². The number of rotatable bonds is 3. The summed E-state index contributed by atoms with van der Waals surface area (Å²) >= 11 is 0. The van der Waals surface area contributed by atoms with Crippen LogP contribution in [0.3, 0.4) is 0 Å². The van der Waals surface area contributed by atoms with Gasteiger partial charge < -0.3 is 9.84 Å². The summed E-state index contributed by atoms with van der Waals surface area (Å²) in [5, 5.41) is 9.27. The van der Waals surface area contributed by atoms with Crippen LogP contribution in [0.25, 0.3) is 0 Å². The normalized spacial score (nSPS) is 23.9. The van der Waals surface area contributed by atoms with Crippen molar-refractivity contribution >= 4 is 5.97 Å². The van der Waals surface area contributed by atoms with E-state index in [0.29, 0.717) is 18.7 Å². The largest absolute Gasteiger partial charge is 0.466 e. The van der Waals surface area contributed by atoms with Gasteiger partial charge in [-0.05, 0) is 13.3 Å². The molecule has 1 saturated heterocycles. The van der Waals surface area contributed by atoms with Crippen molar-refractivity contribution in [3.63, 3.8) is 0 Å². The maximum absolute atomic E-state index is 11.0. The molecule has 4 nitrogen and oxygen atoms in total. The predicted molar refractivity (Wildman–Crippen MR) is 52.8 cm³/mol. The lowest BCUT2D eigenvalue weighted by Crippen LogP contribution is -2.22. The Bertz CT molecular complexity index is 238. The number of methoxy groups -OCH3 is 1. The number of nitrogens with zero attached hydrogens (tertiary/aromatic N) is 1. The Balaban J connectivity index is 2.35. The molecule has 1 fully saturated rings. The molecule has 0 aromatic rings. The van der Waals surface area contributed by atoms with Gasteiger partial charge in [-0.3, -0.25) is 4.90 Å². The summed E-state index contributed by atoms with van der Waals surface area (Å²) in [6.45, 7) is 4.04. The molecule has 14 heavy (non-hydrogen) atoms. The molecule has 1 aliphatic heterocycles. The van der Waals surface area contributed by atoms with Gasteiger partial charge in [-0.15, -0.1) is 0 Å². The maximum atomic E-state index is 11.0. The number of hydrogen-bond donors (Lipinski definition) is 1. The molecule has 0 bridgehead atoms. The first-order valence-electron chi connectivity index (χ1n) is 4.79. The Kier molecular flexibility index (Phi) is 4.10. The topological polar surface area (TPSA) is 49.8 Å². The van der Waals surface area contributed by atoms with Gasteiger partial charge in [0.25, 0.3) is 0 Å². The maximum Gasteiger partial charge on any atom is 0.333 e. The highest BCUT2D eigenvalue weighted by Crippen LogP contribution is 2.08. The van der Waals surface area contributed by atoms with E-state index in [2.05, 4.69) is 9.64 Å². The van der Waals surface area contributed by atoms with Gasteiger partial charge >= 0.3 is 5.97 Å². The van der Waals surface area contributed by atoms with Crippen LogP contribution < -0.4 is 0 Å².